The number of anilines is 2. The Morgan fingerprint density at radius 1 is 1.14 bits per heavy atom. The molecule has 9 nitrogen and oxygen atoms in total. The Morgan fingerprint density at radius 2 is 1.86 bits per heavy atom. The highest BCUT2D eigenvalue weighted by Gasteiger charge is 2.23. The van der Waals surface area contributed by atoms with Crippen LogP contribution in [0.1, 0.15) is 30.1 Å². The van der Waals surface area contributed by atoms with Crippen molar-refractivity contribution in [1.29, 1.82) is 0 Å². The number of carbonyl (C=O) groups is 2. The van der Waals surface area contributed by atoms with Crippen molar-refractivity contribution in [1.82, 2.24) is 15.1 Å². The van der Waals surface area contributed by atoms with Gasteiger partial charge in [-0.25, -0.2) is 4.79 Å². The van der Waals surface area contributed by atoms with Gasteiger partial charge < -0.3 is 25.0 Å². The summed E-state index contributed by atoms with van der Waals surface area (Å²) in [6.07, 6.45) is 1.34. The van der Waals surface area contributed by atoms with E-state index < -0.39 is 0 Å². The molecular formula is C20H25N5O4. The third kappa shape index (κ3) is 5.56. The largest absolute Gasteiger partial charge is 0.497 e. The maximum Gasteiger partial charge on any atom is 0.409 e. The minimum atomic E-state index is -0.287. The Balaban J connectivity index is 1.50. The predicted molar refractivity (Wildman–Crippen MR) is 108 cm³/mol. The van der Waals surface area contributed by atoms with Crippen molar-refractivity contribution < 1.29 is 19.1 Å². The van der Waals surface area contributed by atoms with Gasteiger partial charge in [0, 0.05) is 24.7 Å². The first-order chi connectivity index (χ1) is 14.1. The fourth-order valence-corrected chi connectivity index (χ4v) is 3.06. The zero-order valence-electron chi connectivity index (χ0n) is 16.6. The molecule has 2 N–H and O–H groups in total. The third-order valence-corrected chi connectivity index (χ3v) is 4.61. The number of carbonyl (C=O) groups excluding carboxylic acids is 2. The lowest BCUT2D eigenvalue weighted by atomic mass is 10.1. The van der Waals surface area contributed by atoms with Gasteiger partial charge in [-0.15, -0.1) is 10.2 Å². The molecule has 0 saturated carbocycles. The molecule has 0 bridgehead atoms. The lowest BCUT2D eigenvalue weighted by molar-refractivity contribution is 0.0981. The summed E-state index contributed by atoms with van der Waals surface area (Å²) in [6.45, 7) is 3.46. The number of aromatic nitrogens is 2. The summed E-state index contributed by atoms with van der Waals surface area (Å²) >= 11 is 0. The molecule has 2 amide bonds. The number of piperidine rings is 1. The van der Waals surface area contributed by atoms with Crippen LogP contribution in [0.3, 0.4) is 0 Å². The number of amides is 2. The minimum Gasteiger partial charge on any atom is -0.497 e. The van der Waals surface area contributed by atoms with E-state index in [1.54, 1.807) is 55.3 Å². The average molecular weight is 399 g/mol. The standard InChI is InChI=1S/C20H25N5O4/c1-3-29-20(27)25-11-9-15(10-12-25)21-17-7-8-18(24-23-17)22-19(26)14-5-4-6-16(13-14)28-2/h4-8,13,15H,3,9-12H2,1-2H3,(H,21,23)(H,22,24,26). The van der Waals surface area contributed by atoms with Crippen molar-refractivity contribution in [2.24, 2.45) is 0 Å². The Labute approximate surface area is 169 Å². The van der Waals surface area contributed by atoms with E-state index in [2.05, 4.69) is 20.8 Å². The fourth-order valence-electron chi connectivity index (χ4n) is 3.06. The molecular weight excluding hydrogens is 374 g/mol. The second-order valence-electron chi connectivity index (χ2n) is 6.59. The van der Waals surface area contributed by atoms with Crippen LogP contribution in [0.5, 0.6) is 5.75 Å². The number of ether oxygens (including phenoxy) is 2. The molecule has 0 radical (unpaired) electrons. The number of nitrogens with one attached hydrogen (secondary N) is 2. The van der Waals surface area contributed by atoms with Crippen molar-refractivity contribution in [3.05, 3.63) is 42.0 Å². The summed E-state index contributed by atoms with van der Waals surface area (Å²) < 4.78 is 10.2. The predicted octanol–water partition coefficient (Wildman–Crippen LogP) is 2.77. The van der Waals surface area contributed by atoms with Gasteiger partial charge in [-0.2, -0.15) is 0 Å². The SMILES string of the molecule is CCOC(=O)N1CCC(Nc2ccc(NC(=O)c3cccc(OC)c3)nn2)CC1. The highest BCUT2D eigenvalue weighted by atomic mass is 16.6. The smallest absolute Gasteiger partial charge is 0.409 e. The summed E-state index contributed by atoms with van der Waals surface area (Å²) in [4.78, 5) is 25.8. The maximum absolute atomic E-state index is 12.3. The van der Waals surface area contributed by atoms with Gasteiger partial charge in [0.2, 0.25) is 0 Å². The van der Waals surface area contributed by atoms with E-state index in [-0.39, 0.29) is 18.0 Å². The Kier molecular flexibility index (Phi) is 6.83. The Bertz CT molecular complexity index is 835. The molecule has 0 spiro atoms. The van der Waals surface area contributed by atoms with Crippen molar-refractivity contribution in [2.45, 2.75) is 25.8 Å². The van der Waals surface area contributed by atoms with Gasteiger partial charge in [0.1, 0.15) is 11.6 Å². The van der Waals surface area contributed by atoms with Crippen LogP contribution in [0.4, 0.5) is 16.4 Å². The summed E-state index contributed by atoms with van der Waals surface area (Å²) in [5.41, 5.74) is 0.474. The van der Waals surface area contributed by atoms with Crippen LogP contribution in [0.25, 0.3) is 0 Å². The normalized spacial score (nSPS) is 14.2. The van der Waals surface area contributed by atoms with Crippen LogP contribution >= 0.6 is 0 Å². The Morgan fingerprint density at radius 3 is 2.52 bits per heavy atom. The Hall–Kier alpha value is -3.36. The first-order valence-electron chi connectivity index (χ1n) is 9.56. The van der Waals surface area contributed by atoms with Crippen molar-refractivity contribution in [3.63, 3.8) is 0 Å². The molecule has 154 valence electrons. The van der Waals surface area contributed by atoms with Gasteiger partial charge in [0.25, 0.3) is 5.91 Å². The zero-order chi connectivity index (χ0) is 20.6. The third-order valence-electron chi connectivity index (χ3n) is 4.61. The first-order valence-corrected chi connectivity index (χ1v) is 9.56. The van der Waals surface area contributed by atoms with Crippen LogP contribution in [0.15, 0.2) is 36.4 Å². The van der Waals surface area contributed by atoms with Gasteiger partial charge in [0.15, 0.2) is 5.82 Å². The average Bonchev–Trinajstić information content (AvgIpc) is 2.76. The van der Waals surface area contributed by atoms with Gasteiger partial charge >= 0.3 is 6.09 Å². The first kappa shape index (κ1) is 20.4. The molecule has 29 heavy (non-hydrogen) atoms. The van der Waals surface area contributed by atoms with E-state index >= 15 is 0 Å². The monoisotopic (exact) mass is 399 g/mol. The molecule has 2 heterocycles. The van der Waals surface area contributed by atoms with Crippen LogP contribution in [0.2, 0.25) is 0 Å². The number of methoxy groups -OCH3 is 1. The zero-order valence-corrected chi connectivity index (χ0v) is 16.6. The van der Waals surface area contributed by atoms with Gasteiger partial charge in [-0.05, 0) is 50.1 Å². The molecule has 1 aliphatic rings. The van der Waals surface area contributed by atoms with Crippen LogP contribution in [-0.2, 0) is 4.74 Å². The van der Waals surface area contributed by atoms with Gasteiger partial charge in [0.05, 0.1) is 13.7 Å². The van der Waals surface area contributed by atoms with Crippen molar-refractivity contribution >= 4 is 23.6 Å². The van der Waals surface area contributed by atoms with Crippen molar-refractivity contribution in [2.75, 3.05) is 37.4 Å². The van der Waals surface area contributed by atoms with Gasteiger partial charge in [-0.1, -0.05) is 6.07 Å². The minimum absolute atomic E-state index is 0.201. The number of nitrogens with zero attached hydrogens (tertiary/aromatic N) is 3. The number of likely N-dealkylation sites (tertiary alicyclic amines) is 1. The second-order valence-corrected chi connectivity index (χ2v) is 6.59. The molecule has 1 aromatic heterocycles. The number of rotatable bonds is 6. The highest BCUT2D eigenvalue weighted by Crippen LogP contribution is 2.17. The van der Waals surface area contributed by atoms with Gasteiger partial charge in [-0.3, -0.25) is 4.79 Å². The number of hydrogen-bond donors (Lipinski definition) is 2. The molecule has 3 rings (SSSR count). The van der Waals surface area contributed by atoms with Crippen LogP contribution in [0, 0.1) is 0 Å². The summed E-state index contributed by atoms with van der Waals surface area (Å²) in [6, 6.07) is 10.5. The van der Waals surface area contributed by atoms with E-state index in [1.807, 2.05) is 0 Å². The molecule has 1 fully saturated rings. The molecule has 0 unspecified atom stereocenters. The molecule has 0 aliphatic carbocycles. The second kappa shape index (κ2) is 9.72. The van der Waals surface area contributed by atoms with E-state index in [4.69, 9.17) is 9.47 Å². The molecule has 1 aliphatic heterocycles. The number of hydrogen-bond acceptors (Lipinski definition) is 7. The quantitative estimate of drug-likeness (QED) is 0.769. The molecule has 0 atom stereocenters. The van der Waals surface area contributed by atoms with Crippen LogP contribution in [-0.4, -0.2) is 59.9 Å². The lowest BCUT2D eigenvalue weighted by Gasteiger charge is -2.31. The maximum atomic E-state index is 12.3. The van der Waals surface area contributed by atoms with E-state index in [0.717, 1.165) is 12.8 Å². The summed E-state index contributed by atoms with van der Waals surface area (Å²) in [7, 11) is 1.55. The topological polar surface area (TPSA) is 106 Å². The summed E-state index contributed by atoms with van der Waals surface area (Å²) in [5, 5.41) is 14.2. The summed E-state index contributed by atoms with van der Waals surface area (Å²) in [5.74, 6) is 1.31. The molecule has 2 aromatic rings. The highest BCUT2D eigenvalue weighted by molar-refractivity contribution is 6.03. The molecule has 1 aromatic carbocycles. The molecule has 1 saturated heterocycles. The van der Waals surface area contributed by atoms with E-state index in [0.29, 0.717) is 42.6 Å². The van der Waals surface area contributed by atoms with Crippen LogP contribution < -0.4 is 15.4 Å². The number of benzene rings is 1. The van der Waals surface area contributed by atoms with Crippen molar-refractivity contribution in [3.8, 4) is 5.75 Å². The molecule has 9 heteroatoms. The lowest BCUT2D eigenvalue weighted by Crippen LogP contribution is -2.42. The van der Waals surface area contributed by atoms with E-state index in [1.165, 1.54) is 0 Å². The fraction of sp³-hybridized carbons (Fsp3) is 0.400. The van der Waals surface area contributed by atoms with E-state index in [9.17, 15) is 9.59 Å².